The zero-order valence-electron chi connectivity index (χ0n) is 14.5. The van der Waals surface area contributed by atoms with Crippen molar-refractivity contribution in [1.29, 1.82) is 0 Å². The van der Waals surface area contributed by atoms with Crippen LogP contribution < -0.4 is 4.90 Å². The fourth-order valence-electron chi connectivity index (χ4n) is 3.56. The van der Waals surface area contributed by atoms with Crippen LogP contribution in [0.2, 0.25) is 0 Å². The lowest BCUT2D eigenvalue weighted by molar-refractivity contribution is 0.503. The average molecular weight is 368 g/mol. The van der Waals surface area contributed by atoms with E-state index in [0.29, 0.717) is 10.8 Å². The summed E-state index contributed by atoms with van der Waals surface area (Å²) in [6.45, 7) is 1.75. The minimum absolute atomic E-state index is 0.299. The maximum absolute atomic E-state index is 11.9. The van der Waals surface area contributed by atoms with Crippen LogP contribution >= 0.6 is 0 Å². The molecule has 0 aliphatic carbocycles. The Kier molecular flexibility index (Phi) is 4.32. The number of benzene rings is 1. The van der Waals surface area contributed by atoms with E-state index in [1.807, 2.05) is 12.4 Å². The first-order valence-electron chi connectivity index (χ1n) is 8.62. The second-order valence-corrected chi connectivity index (χ2v) is 8.71. The molecule has 2 aromatic heterocycles. The van der Waals surface area contributed by atoms with Gasteiger partial charge in [-0.15, -0.1) is 0 Å². The minimum atomic E-state index is -3.27. The molecule has 7 heteroatoms. The Bertz CT molecular complexity index is 1030. The molecule has 3 heterocycles. The number of rotatable bonds is 3. The summed E-state index contributed by atoms with van der Waals surface area (Å²) in [4.78, 5) is 15.4. The van der Waals surface area contributed by atoms with Crippen molar-refractivity contribution in [2.45, 2.75) is 23.7 Å². The van der Waals surface area contributed by atoms with Gasteiger partial charge >= 0.3 is 0 Å². The highest BCUT2D eigenvalue weighted by Crippen LogP contribution is 2.32. The van der Waals surface area contributed by atoms with E-state index in [9.17, 15) is 8.42 Å². The number of piperidine rings is 1. The average Bonchev–Trinajstić information content (AvgIpc) is 2.67. The normalized spacial score (nSPS) is 16.1. The molecule has 0 amide bonds. The zero-order chi connectivity index (χ0) is 18.1. The highest BCUT2D eigenvalue weighted by atomic mass is 32.2. The Morgan fingerprint density at radius 1 is 1.04 bits per heavy atom. The van der Waals surface area contributed by atoms with Crippen molar-refractivity contribution in [1.82, 2.24) is 15.0 Å². The molecule has 1 aliphatic heterocycles. The molecule has 1 saturated heterocycles. The van der Waals surface area contributed by atoms with Crippen LogP contribution in [0.5, 0.6) is 0 Å². The molecular weight excluding hydrogens is 348 g/mol. The van der Waals surface area contributed by atoms with Crippen LogP contribution in [0, 0.1) is 0 Å². The van der Waals surface area contributed by atoms with E-state index in [1.54, 1.807) is 24.5 Å². The number of pyridine rings is 1. The van der Waals surface area contributed by atoms with Crippen molar-refractivity contribution < 1.29 is 8.42 Å². The summed E-state index contributed by atoms with van der Waals surface area (Å²) in [7, 11) is -3.27. The monoisotopic (exact) mass is 368 g/mol. The van der Waals surface area contributed by atoms with Gasteiger partial charge in [0, 0.05) is 37.1 Å². The molecule has 1 fully saturated rings. The molecular formula is C19H20N4O2S. The number of hydrogen-bond acceptors (Lipinski definition) is 6. The second kappa shape index (κ2) is 6.64. The van der Waals surface area contributed by atoms with Gasteiger partial charge in [0.15, 0.2) is 9.84 Å². The third-order valence-electron chi connectivity index (χ3n) is 4.99. The van der Waals surface area contributed by atoms with Crippen molar-refractivity contribution in [3.8, 4) is 0 Å². The van der Waals surface area contributed by atoms with Crippen molar-refractivity contribution in [3.63, 3.8) is 0 Å². The van der Waals surface area contributed by atoms with Gasteiger partial charge < -0.3 is 4.90 Å². The topological polar surface area (TPSA) is 76.1 Å². The van der Waals surface area contributed by atoms with Crippen LogP contribution in [0.15, 0.2) is 53.9 Å². The Balaban J connectivity index is 1.63. The van der Waals surface area contributed by atoms with E-state index < -0.39 is 9.84 Å². The molecule has 3 aromatic rings. The Morgan fingerprint density at radius 2 is 1.77 bits per heavy atom. The predicted molar refractivity (Wildman–Crippen MR) is 101 cm³/mol. The van der Waals surface area contributed by atoms with Crippen LogP contribution in [0.4, 0.5) is 5.82 Å². The van der Waals surface area contributed by atoms with Gasteiger partial charge in [0.1, 0.15) is 12.1 Å². The zero-order valence-corrected chi connectivity index (χ0v) is 15.4. The van der Waals surface area contributed by atoms with Gasteiger partial charge in [0.25, 0.3) is 0 Å². The third kappa shape index (κ3) is 3.26. The predicted octanol–water partition coefficient (Wildman–Crippen LogP) is 2.81. The fourth-order valence-corrected chi connectivity index (χ4v) is 4.21. The molecule has 134 valence electrons. The first kappa shape index (κ1) is 16.9. The van der Waals surface area contributed by atoms with Crippen molar-refractivity contribution >= 4 is 26.6 Å². The Labute approximate surface area is 152 Å². The maximum atomic E-state index is 11.9. The van der Waals surface area contributed by atoms with Crippen molar-refractivity contribution in [3.05, 3.63) is 54.6 Å². The molecule has 0 radical (unpaired) electrons. The Morgan fingerprint density at radius 3 is 2.46 bits per heavy atom. The highest BCUT2D eigenvalue weighted by molar-refractivity contribution is 7.90. The van der Waals surface area contributed by atoms with Crippen LogP contribution in [-0.4, -0.2) is 42.7 Å². The van der Waals surface area contributed by atoms with Gasteiger partial charge in [0.2, 0.25) is 0 Å². The molecule has 0 bridgehead atoms. The smallest absolute Gasteiger partial charge is 0.175 e. The molecule has 26 heavy (non-hydrogen) atoms. The number of fused-ring (bicyclic) bond motifs is 1. The van der Waals surface area contributed by atoms with Crippen LogP contribution in [0.25, 0.3) is 10.9 Å². The third-order valence-corrected chi connectivity index (χ3v) is 6.10. The summed E-state index contributed by atoms with van der Waals surface area (Å²) in [5.74, 6) is 1.34. The number of aromatic nitrogens is 3. The second-order valence-electron chi connectivity index (χ2n) is 6.69. The standard InChI is InChI=1S/C19H20N4O2S/c1-26(24,25)16-2-3-18-17(12-16)19(22-13-21-18)23-10-6-15(7-11-23)14-4-8-20-9-5-14/h2-5,8-9,12-13,15H,6-7,10-11H2,1H3. The summed E-state index contributed by atoms with van der Waals surface area (Å²) in [5, 5.41) is 0.790. The maximum Gasteiger partial charge on any atom is 0.175 e. The molecule has 1 aliphatic rings. The lowest BCUT2D eigenvalue weighted by Gasteiger charge is -2.33. The van der Waals surface area contributed by atoms with E-state index in [-0.39, 0.29) is 0 Å². The molecule has 4 rings (SSSR count). The summed E-state index contributed by atoms with van der Waals surface area (Å²) < 4.78 is 23.8. The van der Waals surface area contributed by atoms with Gasteiger partial charge in [0.05, 0.1) is 10.4 Å². The van der Waals surface area contributed by atoms with E-state index in [1.165, 1.54) is 11.8 Å². The van der Waals surface area contributed by atoms with Crippen molar-refractivity contribution in [2.24, 2.45) is 0 Å². The van der Waals surface area contributed by atoms with Crippen LogP contribution in [-0.2, 0) is 9.84 Å². The van der Waals surface area contributed by atoms with Crippen molar-refractivity contribution in [2.75, 3.05) is 24.2 Å². The summed E-state index contributed by atoms with van der Waals surface area (Å²) in [5.41, 5.74) is 2.09. The lowest BCUT2D eigenvalue weighted by Crippen LogP contribution is -2.33. The molecule has 0 spiro atoms. The Hall–Kier alpha value is -2.54. The summed E-state index contributed by atoms with van der Waals surface area (Å²) in [6.07, 6.45) is 8.51. The molecule has 1 aromatic carbocycles. The van der Waals surface area contributed by atoms with Crippen LogP contribution in [0.3, 0.4) is 0 Å². The van der Waals surface area contributed by atoms with E-state index in [4.69, 9.17) is 0 Å². The van der Waals surface area contributed by atoms with Gasteiger partial charge in [-0.2, -0.15) is 0 Å². The largest absolute Gasteiger partial charge is 0.356 e. The van der Waals surface area contributed by atoms with Gasteiger partial charge in [-0.1, -0.05) is 0 Å². The molecule has 0 unspecified atom stereocenters. The lowest BCUT2D eigenvalue weighted by atomic mass is 9.90. The molecule has 0 atom stereocenters. The fraction of sp³-hybridized carbons (Fsp3) is 0.316. The first-order chi connectivity index (χ1) is 12.5. The quantitative estimate of drug-likeness (QED) is 0.708. The molecule has 6 nitrogen and oxygen atoms in total. The van der Waals surface area contributed by atoms with E-state index in [0.717, 1.165) is 42.7 Å². The first-order valence-corrected chi connectivity index (χ1v) is 10.5. The molecule has 0 N–H and O–H groups in total. The highest BCUT2D eigenvalue weighted by Gasteiger charge is 2.23. The van der Waals surface area contributed by atoms with Gasteiger partial charge in [-0.25, -0.2) is 18.4 Å². The van der Waals surface area contributed by atoms with E-state index in [2.05, 4.69) is 32.0 Å². The number of nitrogens with zero attached hydrogens (tertiary/aromatic N) is 4. The minimum Gasteiger partial charge on any atom is -0.356 e. The number of anilines is 1. The van der Waals surface area contributed by atoms with Gasteiger partial charge in [-0.05, 0) is 54.7 Å². The summed E-state index contributed by atoms with van der Waals surface area (Å²) in [6, 6.07) is 9.21. The molecule has 0 saturated carbocycles. The van der Waals surface area contributed by atoms with Gasteiger partial charge in [-0.3, -0.25) is 4.98 Å². The SMILES string of the molecule is CS(=O)(=O)c1ccc2ncnc(N3CCC(c4ccncc4)CC3)c2c1. The number of sulfone groups is 1. The number of hydrogen-bond donors (Lipinski definition) is 0. The summed E-state index contributed by atoms with van der Waals surface area (Å²) >= 11 is 0. The van der Waals surface area contributed by atoms with Crippen LogP contribution in [0.1, 0.15) is 24.3 Å². The van der Waals surface area contributed by atoms with E-state index >= 15 is 0 Å².